The van der Waals surface area contributed by atoms with Gasteiger partial charge in [0.05, 0.1) is 11.4 Å². The van der Waals surface area contributed by atoms with Crippen LogP contribution in [0, 0.1) is 35.3 Å². The van der Waals surface area contributed by atoms with Crippen LogP contribution in [-0.4, -0.2) is 11.6 Å². The molecule has 4 nitrogen and oxygen atoms in total. The average Bonchev–Trinajstić information content (AvgIpc) is 3.26. The molecule has 0 saturated heterocycles. The lowest BCUT2D eigenvalue weighted by Crippen LogP contribution is -2.35. The van der Waals surface area contributed by atoms with Gasteiger partial charge in [-0.25, -0.2) is 8.78 Å². The molecule has 0 aliphatic heterocycles. The number of fused-ring (bicyclic) bond motifs is 2. The molecule has 0 spiro atoms. The first-order valence-electron chi connectivity index (χ1n) is 9.05. The molecule has 2 bridgehead atoms. The van der Waals surface area contributed by atoms with Gasteiger partial charge < -0.3 is 11.5 Å². The summed E-state index contributed by atoms with van der Waals surface area (Å²) in [6.45, 7) is 0. The number of hydrogen-bond donors (Lipinski definition) is 2. The summed E-state index contributed by atoms with van der Waals surface area (Å²) in [5.74, 6) is -2.19. The van der Waals surface area contributed by atoms with Crippen LogP contribution in [0.25, 0.3) is 0 Å². The molecule has 4 atom stereocenters. The smallest absolute Gasteiger partial charge is 0.167 e. The maximum absolute atomic E-state index is 13.5. The maximum Gasteiger partial charge on any atom is 0.167 e. The molecule has 4 N–H and O–H groups in total. The van der Waals surface area contributed by atoms with Gasteiger partial charge in [0.1, 0.15) is 11.6 Å². The van der Waals surface area contributed by atoms with Crippen molar-refractivity contribution < 1.29 is 18.4 Å². The highest BCUT2D eigenvalue weighted by atomic mass is 19.1. The van der Waals surface area contributed by atoms with E-state index >= 15 is 0 Å². The van der Waals surface area contributed by atoms with E-state index in [9.17, 15) is 18.4 Å². The minimum atomic E-state index is -0.575. The third-order valence-electron chi connectivity index (χ3n) is 6.08. The SMILES string of the molecule is Nc1cc(C(=O)C2C(C(=O)c3ccc(F)c(N)c3)[C@H]3CC[C@@H]2C3)ccc1F. The van der Waals surface area contributed by atoms with Gasteiger partial charge in [0.2, 0.25) is 0 Å². The number of nitrogen functional groups attached to an aromatic ring is 2. The van der Waals surface area contributed by atoms with E-state index in [2.05, 4.69) is 0 Å². The van der Waals surface area contributed by atoms with Gasteiger partial charge in [-0.2, -0.15) is 0 Å². The molecule has 0 heterocycles. The van der Waals surface area contributed by atoms with Crippen LogP contribution in [0.4, 0.5) is 20.2 Å². The molecular formula is C21H20F2N2O2. The zero-order valence-corrected chi connectivity index (χ0v) is 14.6. The van der Waals surface area contributed by atoms with Crippen LogP contribution in [0.3, 0.4) is 0 Å². The lowest BCUT2D eigenvalue weighted by Gasteiger charge is -2.29. The summed E-state index contributed by atoms with van der Waals surface area (Å²) < 4.78 is 26.9. The van der Waals surface area contributed by atoms with Crippen molar-refractivity contribution in [3.05, 3.63) is 59.2 Å². The Morgan fingerprint density at radius 1 is 0.778 bits per heavy atom. The van der Waals surface area contributed by atoms with Crippen molar-refractivity contribution in [3.63, 3.8) is 0 Å². The first-order valence-corrected chi connectivity index (χ1v) is 9.05. The van der Waals surface area contributed by atoms with Gasteiger partial charge in [-0.3, -0.25) is 9.59 Å². The molecule has 140 valence electrons. The Hall–Kier alpha value is -2.76. The Balaban J connectivity index is 1.68. The molecule has 27 heavy (non-hydrogen) atoms. The predicted molar refractivity (Wildman–Crippen MR) is 98.1 cm³/mol. The van der Waals surface area contributed by atoms with Gasteiger partial charge in [0.25, 0.3) is 0 Å². The van der Waals surface area contributed by atoms with E-state index in [-0.39, 0.29) is 34.8 Å². The van der Waals surface area contributed by atoms with E-state index in [1.165, 1.54) is 36.4 Å². The second-order valence-corrected chi connectivity index (χ2v) is 7.59. The minimum Gasteiger partial charge on any atom is -0.396 e. The zero-order chi connectivity index (χ0) is 19.3. The maximum atomic E-state index is 13.5. The number of benzene rings is 2. The van der Waals surface area contributed by atoms with Crippen molar-refractivity contribution in [2.24, 2.45) is 23.7 Å². The molecule has 2 saturated carbocycles. The van der Waals surface area contributed by atoms with Crippen LogP contribution in [0.2, 0.25) is 0 Å². The molecule has 0 radical (unpaired) electrons. The minimum absolute atomic E-state index is 0.0850. The topological polar surface area (TPSA) is 86.2 Å². The van der Waals surface area contributed by atoms with E-state index in [1.807, 2.05) is 0 Å². The van der Waals surface area contributed by atoms with Gasteiger partial charge in [-0.15, -0.1) is 0 Å². The molecule has 4 rings (SSSR count). The largest absolute Gasteiger partial charge is 0.396 e. The van der Waals surface area contributed by atoms with Crippen LogP contribution < -0.4 is 11.5 Å². The number of rotatable bonds is 4. The summed E-state index contributed by atoms with van der Waals surface area (Å²) in [6.07, 6.45) is 2.61. The first kappa shape index (κ1) is 17.6. The van der Waals surface area contributed by atoms with E-state index in [0.29, 0.717) is 11.1 Å². The van der Waals surface area contributed by atoms with Crippen molar-refractivity contribution in [1.82, 2.24) is 0 Å². The normalized spacial score (nSPS) is 26.3. The fraction of sp³-hybridized carbons (Fsp3) is 0.333. The van der Waals surface area contributed by atoms with Crippen LogP contribution in [0.1, 0.15) is 40.0 Å². The van der Waals surface area contributed by atoms with Crippen LogP contribution in [0.15, 0.2) is 36.4 Å². The lowest BCUT2D eigenvalue weighted by atomic mass is 9.72. The summed E-state index contributed by atoms with van der Waals surface area (Å²) in [4.78, 5) is 26.3. The molecule has 2 unspecified atom stereocenters. The van der Waals surface area contributed by atoms with E-state index in [4.69, 9.17) is 11.5 Å². The standard InChI is InChI=1S/C21H20F2N2O2/c22-14-5-3-12(8-16(14)24)20(26)18-10-1-2-11(7-10)19(18)21(27)13-4-6-15(23)17(25)9-13/h3-6,8-11,18-19H,1-2,7,24-25H2/t10-,11+,18?,19?. The Labute approximate surface area is 155 Å². The van der Waals surface area contributed by atoms with Gasteiger partial charge >= 0.3 is 0 Å². The van der Waals surface area contributed by atoms with Crippen molar-refractivity contribution >= 4 is 22.9 Å². The van der Waals surface area contributed by atoms with Crippen LogP contribution in [-0.2, 0) is 0 Å². The number of carbonyl (C=O) groups excluding carboxylic acids is 2. The monoisotopic (exact) mass is 370 g/mol. The quantitative estimate of drug-likeness (QED) is 0.632. The molecule has 2 fully saturated rings. The first-order chi connectivity index (χ1) is 12.9. The summed E-state index contributed by atoms with van der Waals surface area (Å²) in [5, 5.41) is 0. The number of halogens is 2. The molecule has 6 heteroatoms. The third-order valence-corrected chi connectivity index (χ3v) is 6.08. The number of nitrogens with two attached hydrogens (primary N) is 2. The van der Waals surface area contributed by atoms with Crippen LogP contribution >= 0.6 is 0 Å². The van der Waals surface area contributed by atoms with Crippen molar-refractivity contribution in [3.8, 4) is 0 Å². The molecular weight excluding hydrogens is 350 g/mol. The molecule has 0 amide bonds. The summed E-state index contributed by atoms with van der Waals surface area (Å²) in [6, 6.07) is 7.84. The van der Waals surface area contributed by atoms with Gasteiger partial charge in [0.15, 0.2) is 11.6 Å². The van der Waals surface area contributed by atoms with E-state index in [1.54, 1.807) is 0 Å². The second-order valence-electron chi connectivity index (χ2n) is 7.59. The van der Waals surface area contributed by atoms with Crippen molar-refractivity contribution in [2.45, 2.75) is 19.3 Å². The number of carbonyl (C=O) groups is 2. The highest BCUT2D eigenvalue weighted by Crippen LogP contribution is 2.54. The van der Waals surface area contributed by atoms with Gasteiger partial charge in [-0.1, -0.05) is 0 Å². The Bertz CT molecular complexity index is 868. The fourth-order valence-electron chi connectivity index (χ4n) is 4.82. The molecule has 2 aromatic rings. The number of ketones is 2. The lowest BCUT2D eigenvalue weighted by molar-refractivity contribution is 0.0694. The predicted octanol–water partition coefficient (Wildman–Crippen LogP) is 3.86. The molecule has 2 aromatic carbocycles. The molecule has 2 aliphatic rings. The fourth-order valence-corrected chi connectivity index (χ4v) is 4.82. The summed E-state index contributed by atoms with van der Waals surface area (Å²) >= 11 is 0. The second kappa shape index (κ2) is 6.44. The molecule has 2 aliphatic carbocycles. The summed E-state index contributed by atoms with van der Waals surface area (Å²) in [7, 11) is 0. The number of Topliss-reactive ketones (excluding diaryl/α,β-unsaturated/α-hetero) is 2. The van der Waals surface area contributed by atoms with E-state index < -0.39 is 23.5 Å². The highest BCUT2D eigenvalue weighted by Gasteiger charge is 2.53. The van der Waals surface area contributed by atoms with E-state index in [0.717, 1.165) is 19.3 Å². The average molecular weight is 370 g/mol. The van der Waals surface area contributed by atoms with Gasteiger partial charge in [0, 0.05) is 23.0 Å². The Morgan fingerprint density at radius 2 is 1.19 bits per heavy atom. The highest BCUT2D eigenvalue weighted by molar-refractivity contribution is 6.06. The third kappa shape index (κ3) is 2.89. The Morgan fingerprint density at radius 3 is 1.56 bits per heavy atom. The van der Waals surface area contributed by atoms with Gasteiger partial charge in [-0.05, 0) is 67.5 Å². The Kier molecular flexibility index (Phi) is 4.21. The molecule has 0 aromatic heterocycles. The number of hydrogen-bond acceptors (Lipinski definition) is 4. The zero-order valence-electron chi connectivity index (χ0n) is 14.6. The number of anilines is 2. The van der Waals surface area contributed by atoms with Crippen molar-refractivity contribution in [1.29, 1.82) is 0 Å². The van der Waals surface area contributed by atoms with Crippen LogP contribution in [0.5, 0.6) is 0 Å². The van der Waals surface area contributed by atoms with Crippen molar-refractivity contribution in [2.75, 3.05) is 11.5 Å². The summed E-state index contributed by atoms with van der Waals surface area (Å²) in [5.41, 5.74) is 11.7.